The number of ether oxygens (including phenoxy) is 2. The molecule has 0 radical (unpaired) electrons. The molecule has 0 spiro atoms. The lowest BCUT2D eigenvalue weighted by Gasteiger charge is -2.11. The molecule has 0 fully saturated rings. The van der Waals surface area contributed by atoms with Crippen LogP contribution in [0.15, 0.2) is 42.5 Å². The van der Waals surface area contributed by atoms with E-state index >= 15 is 0 Å². The van der Waals surface area contributed by atoms with Gasteiger partial charge in [-0.15, -0.1) is 0 Å². The number of carbonyl (C=O) groups excluding carboxylic acids is 1. The number of hydrogen-bond donors (Lipinski definition) is 1. The monoisotopic (exact) mass is 298 g/mol. The Morgan fingerprint density at radius 2 is 1.82 bits per heavy atom. The van der Waals surface area contributed by atoms with E-state index in [1.807, 2.05) is 43.3 Å². The van der Waals surface area contributed by atoms with Crippen LogP contribution in [0.3, 0.4) is 0 Å². The zero-order valence-corrected chi connectivity index (χ0v) is 12.8. The molecule has 0 amide bonds. The van der Waals surface area contributed by atoms with E-state index in [4.69, 9.17) is 9.47 Å². The van der Waals surface area contributed by atoms with Crippen LogP contribution in [0.25, 0.3) is 11.6 Å². The van der Waals surface area contributed by atoms with Crippen molar-refractivity contribution in [3.63, 3.8) is 0 Å². The molecule has 2 aromatic carbocycles. The van der Waals surface area contributed by atoms with Crippen LogP contribution in [-0.4, -0.2) is 25.3 Å². The highest BCUT2D eigenvalue weighted by atomic mass is 16.5. The Morgan fingerprint density at radius 1 is 1.14 bits per heavy atom. The van der Waals surface area contributed by atoms with Gasteiger partial charge in [-0.2, -0.15) is 0 Å². The topological polar surface area (TPSA) is 55.8 Å². The van der Waals surface area contributed by atoms with Gasteiger partial charge in [0.25, 0.3) is 0 Å². The number of rotatable bonds is 4. The van der Waals surface area contributed by atoms with Gasteiger partial charge in [-0.05, 0) is 29.7 Å². The summed E-state index contributed by atoms with van der Waals surface area (Å²) in [4.78, 5) is 11.9. The van der Waals surface area contributed by atoms with Crippen molar-refractivity contribution in [2.24, 2.45) is 0 Å². The summed E-state index contributed by atoms with van der Waals surface area (Å²) < 4.78 is 9.90. The third-order valence-corrected chi connectivity index (χ3v) is 3.35. The number of hydrogen-bond acceptors (Lipinski definition) is 4. The Morgan fingerprint density at radius 3 is 2.41 bits per heavy atom. The van der Waals surface area contributed by atoms with Crippen LogP contribution in [0.2, 0.25) is 0 Å². The van der Waals surface area contributed by atoms with Gasteiger partial charge in [0.05, 0.1) is 14.2 Å². The second kappa shape index (κ2) is 6.80. The van der Waals surface area contributed by atoms with E-state index in [1.54, 1.807) is 6.07 Å². The fraction of sp³-hybridized carbons (Fsp3) is 0.167. The van der Waals surface area contributed by atoms with Gasteiger partial charge in [-0.25, -0.2) is 4.79 Å². The van der Waals surface area contributed by atoms with Crippen molar-refractivity contribution in [3.8, 4) is 11.5 Å². The highest BCUT2D eigenvalue weighted by molar-refractivity contribution is 5.99. The molecule has 114 valence electrons. The molecule has 0 saturated carbocycles. The van der Waals surface area contributed by atoms with Gasteiger partial charge in [-0.3, -0.25) is 0 Å². The summed E-state index contributed by atoms with van der Waals surface area (Å²) in [6.07, 6.45) is 1.82. The molecule has 0 bridgehead atoms. The lowest BCUT2D eigenvalue weighted by Crippen LogP contribution is -2.05. The fourth-order valence-electron chi connectivity index (χ4n) is 2.20. The molecule has 0 saturated heterocycles. The van der Waals surface area contributed by atoms with Crippen molar-refractivity contribution < 1.29 is 19.4 Å². The number of allylic oxidation sites excluding steroid dienone is 1. The highest BCUT2D eigenvalue weighted by Gasteiger charge is 2.18. The van der Waals surface area contributed by atoms with Gasteiger partial charge in [-0.1, -0.05) is 36.4 Å². The Balaban J connectivity index is 2.57. The van der Waals surface area contributed by atoms with E-state index in [2.05, 4.69) is 0 Å². The second-order valence-electron chi connectivity index (χ2n) is 4.80. The molecule has 0 aliphatic rings. The zero-order chi connectivity index (χ0) is 16.1. The summed E-state index contributed by atoms with van der Waals surface area (Å²) in [5, 5.41) is 10.1. The van der Waals surface area contributed by atoms with Crippen LogP contribution in [-0.2, 0) is 4.74 Å². The summed E-state index contributed by atoms with van der Waals surface area (Å²) in [6.45, 7) is 1.94. The molecule has 0 heterocycles. The minimum absolute atomic E-state index is 0.124. The molecule has 4 nitrogen and oxygen atoms in total. The maximum atomic E-state index is 11.9. The summed E-state index contributed by atoms with van der Waals surface area (Å²) in [6, 6.07) is 12.9. The predicted octanol–water partition coefficient (Wildman–Crippen LogP) is 3.75. The lowest BCUT2D eigenvalue weighted by atomic mass is 10.00. The standard InChI is InChI=1S/C18H18O4/c1-12(13-7-5-4-6-8-13)9-14-10-15(21-2)11-16(19)17(14)18(20)22-3/h4-11,19H,1-3H3/b12-9+. The Bertz CT molecular complexity index is 703. The van der Waals surface area contributed by atoms with Gasteiger partial charge < -0.3 is 14.6 Å². The first-order valence-electron chi connectivity index (χ1n) is 6.80. The van der Waals surface area contributed by atoms with Gasteiger partial charge in [0.1, 0.15) is 17.1 Å². The minimum Gasteiger partial charge on any atom is -0.507 e. The maximum absolute atomic E-state index is 11.9. The fourth-order valence-corrected chi connectivity index (χ4v) is 2.20. The average Bonchev–Trinajstić information content (AvgIpc) is 2.54. The summed E-state index contributed by atoms with van der Waals surface area (Å²) in [7, 11) is 2.79. The second-order valence-corrected chi connectivity index (χ2v) is 4.80. The van der Waals surface area contributed by atoms with Crippen molar-refractivity contribution >= 4 is 17.6 Å². The quantitative estimate of drug-likeness (QED) is 0.690. The molecule has 0 aliphatic heterocycles. The molecule has 0 atom stereocenters. The summed E-state index contributed by atoms with van der Waals surface area (Å²) in [5.74, 6) is -0.289. The third kappa shape index (κ3) is 3.28. The predicted molar refractivity (Wildman–Crippen MR) is 86.0 cm³/mol. The smallest absolute Gasteiger partial charge is 0.342 e. The van der Waals surface area contributed by atoms with Crippen molar-refractivity contribution in [2.75, 3.05) is 14.2 Å². The molecule has 0 aromatic heterocycles. The van der Waals surface area contributed by atoms with E-state index in [0.717, 1.165) is 11.1 Å². The van der Waals surface area contributed by atoms with E-state index in [1.165, 1.54) is 20.3 Å². The van der Waals surface area contributed by atoms with E-state index < -0.39 is 5.97 Å². The summed E-state index contributed by atoms with van der Waals surface area (Å²) in [5.41, 5.74) is 2.66. The van der Waals surface area contributed by atoms with Gasteiger partial charge in [0, 0.05) is 6.07 Å². The number of esters is 1. The first-order valence-corrected chi connectivity index (χ1v) is 6.80. The number of phenols is 1. The van der Waals surface area contributed by atoms with Crippen LogP contribution in [0.1, 0.15) is 28.4 Å². The summed E-state index contributed by atoms with van der Waals surface area (Å²) >= 11 is 0. The first kappa shape index (κ1) is 15.6. The number of benzene rings is 2. The molecule has 0 aliphatic carbocycles. The molecule has 2 rings (SSSR count). The van der Waals surface area contributed by atoms with E-state index in [0.29, 0.717) is 11.3 Å². The van der Waals surface area contributed by atoms with Crippen molar-refractivity contribution in [2.45, 2.75) is 6.92 Å². The van der Waals surface area contributed by atoms with Crippen molar-refractivity contribution in [1.29, 1.82) is 0 Å². The van der Waals surface area contributed by atoms with Crippen molar-refractivity contribution in [3.05, 3.63) is 59.2 Å². The third-order valence-electron chi connectivity index (χ3n) is 3.35. The van der Waals surface area contributed by atoms with Crippen molar-refractivity contribution in [1.82, 2.24) is 0 Å². The van der Waals surface area contributed by atoms with Crippen LogP contribution in [0, 0.1) is 0 Å². The van der Waals surface area contributed by atoms with Crippen LogP contribution in [0.4, 0.5) is 0 Å². The Labute approximate surface area is 129 Å². The average molecular weight is 298 g/mol. The highest BCUT2D eigenvalue weighted by Crippen LogP contribution is 2.31. The molecule has 2 aromatic rings. The molecule has 1 N–H and O–H groups in total. The molecule has 22 heavy (non-hydrogen) atoms. The van der Waals surface area contributed by atoms with Gasteiger partial charge in [0.15, 0.2) is 0 Å². The Hall–Kier alpha value is -2.75. The lowest BCUT2D eigenvalue weighted by molar-refractivity contribution is 0.0597. The molecular formula is C18H18O4. The van der Waals surface area contributed by atoms with Gasteiger partial charge in [0.2, 0.25) is 0 Å². The van der Waals surface area contributed by atoms with E-state index in [-0.39, 0.29) is 11.3 Å². The molecule has 4 heteroatoms. The van der Waals surface area contributed by atoms with Crippen LogP contribution in [0.5, 0.6) is 11.5 Å². The number of phenolic OH excluding ortho intramolecular Hbond substituents is 1. The number of methoxy groups -OCH3 is 2. The largest absolute Gasteiger partial charge is 0.507 e. The normalized spacial score (nSPS) is 11.1. The van der Waals surface area contributed by atoms with Crippen LogP contribution >= 0.6 is 0 Å². The maximum Gasteiger partial charge on any atom is 0.342 e. The minimum atomic E-state index is -0.590. The zero-order valence-electron chi connectivity index (χ0n) is 12.8. The van der Waals surface area contributed by atoms with Gasteiger partial charge >= 0.3 is 5.97 Å². The molecular weight excluding hydrogens is 280 g/mol. The SMILES string of the molecule is COC(=O)c1c(O)cc(OC)cc1/C=C(\C)c1ccccc1. The molecule has 0 unspecified atom stereocenters. The number of aromatic hydroxyl groups is 1. The Kier molecular flexibility index (Phi) is 4.84. The first-order chi connectivity index (χ1) is 10.6. The van der Waals surface area contributed by atoms with Crippen LogP contribution < -0.4 is 4.74 Å². The van der Waals surface area contributed by atoms with E-state index in [9.17, 15) is 9.90 Å². The number of carbonyl (C=O) groups is 1.